The predicted octanol–water partition coefficient (Wildman–Crippen LogP) is 0.839. The van der Waals surface area contributed by atoms with Crippen LogP contribution in [-0.4, -0.2) is 27.2 Å². The van der Waals surface area contributed by atoms with Gasteiger partial charge in [-0.1, -0.05) is 0 Å². The molecular weight excluding hydrogens is 322 g/mol. The van der Waals surface area contributed by atoms with E-state index in [9.17, 15) is 4.79 Å². The van der Waals surface area contributed by atoms with Crippen LogP contribution in [0.2, 0.25) is 0 Å². The summed E-state index contributed by atoms with van der Waals surface area (Å²) in [7, 11) is 0. The second-order valence-corrected chi connectivity index (χ2v) is 5.63. The van der Waals surface area contributed by atoms with Crippen LogP contribution in [0.4, 0.5) is 0 Å². The Morgan fingerprint density at radius 3 is 3.10 bits per heavy atom. The molecule has 0 unspecified atom stereocenters. The Morgan fingerprint density at radius 1 is 1.50 bits per heavy atom. The third kappa shape index (κ3) is 2.46. The lowest BCUT2D eigenvalue weighted by Gasteiger charge is -2.15. The van der Waals surface area contributed by atoms with E-state index in [0.29, 0.717) is 0 Å². The molecule has 3 heterocycles. The molecule has 0 atom stereocenters. The summed E-state index contributed by atoms with van der Waals surface area (Å²) in [6.07, 6.45) is 4.35. The molecule has 3 N–H and O–H groups in total. The summed E-state index contributed by atoms with van der Waals surface area (Å²) in [4.78, 5) is 15.4. The molecule has 0 radical (unpaired) electrons. The third-order valence-electron chi connectivity index (χ3n) is 3.29. The Labute approximate surface area is 124 Å². The number of amides is 1. The minimum atomic E-state index is -0.382. The van der Waals surface area contributed by atoms with Crippen molar-refractivity contribution in [1.29, 1.82) is 0 Å². The Hall–Kier alpha value is -1.73. The average Bonchev–Trinajstić information content (AvgIpc) is 2.77. The number of rotatable bonds is 3. The molecular formula is C13H14BrN5O. The number of fused-ring (bicyclic) bond motifs is 1. The van der Waals surface area contributed by atoms with E-state index in [4.69, 9.17) is 5.73 Å². The van der Waals surface area contributed by atoms with Crippen molar-refractivity contribution in [3.05, 3.63) is 34.2 Å². The largest absolute Gasteiger partial charge is 0.368 e. The summed E-state index contributed by atoms with van der Waals surface area (Å²) >= 11 is 3.42. The molecule has 0 bridgehead atoms. The molecule has 0 spiro atoms. The number of halogens is 1. The number of hydrogen-bond acceptors (Lipinski definition) is 4. The highest BCUT2D eigenvalue weighted by Crippen LogP contribution is 2.28. The summed E-state index contributed by atoms with van der Waals surface area (Å²) in [6, 6.07) is 1.97. The molecule has 0 saturated carbocycles. The molecule has 7 heteroatoms. The molecule has 0 aliphatic carbocycles. The van der Waals surface area contributed by atoms with Gasteiger partial charge >= 0.3 is 0 Å². The Morgan fingerprint density at radius 2 is 2.35 bits per heavy atom. The molecule has 2 aromatic heterocycles. The maximum Gasteiger partial charge on any atom is 0.239 e. The second kappa shape index (κ2) is 5.34. The van der Waals surface area contributed by atoms with E-state index in [-0.39, 0.29) is 12.5 Å². The van der Waals surface area contributed by atoms with E-state index >= 15 is 0 Å². The van der Waals surface area contributed by atoms with Crippen LogP contribution in [0, 0.1) is 0 Å². The van der Waals surface area contributed by atoms with Crippen LogP contribution in [0.25, 0.3) is 11.3 Å². The minimum Gasteiger partial charge on any atom is -0.368 e. The van der Waals surface area contributed by atoms with E-state index in [1.807, 2.05) is 6.07 Å². The lowest BCUT2D eigenvalue weighted by molar-refractivity contribution is -0.118. The zero-order chi connectivity index (χ0) is 14.1. The van der Waals surface area contributed by atoms with Crippen LogP contribution in [0.1, 0.15) is 11.3 Å². The number of primary amides is 1. The number of nitrogens with one attached hydrogen (secondary N) is 1. The third-order valence-corrected chi connectivity index (χ3v) is 3.72. The zero-order valence-electron chi connectivity index (χ0n) is 10.8. The van der Waals surface area contributed by atoms with Gasteiger partial charge < -0.3 is 11.1 Å². The highest BCUT2D eigenvalue weighted by molar-refractivity contribution is 9.10. The van der Waals surface area contributed by atoms with E-state index in [1.54, 1.807) is 17.1 Å². The lowest BCUT2D eigenvalue weighted by Crippen LogP contribution is -2.27. The van der Waals surface area contributed by atoms with Gasteiger partial charge in [0.1, 0.15) is 6.54 Å². The maximum absolute atomic E-state index is 11.2. The van der Waals surface area contributed by atoms with Gasteiger partial charge in [-0.15, -0.1) is 0 Å². The first-order chi connectivity index (χ1) is 9.65. The second-order valence-electron chi connectivity index (χ2n) is 4.72. The Balaban J connectivity index is 2.11. The van der Waals surface area contributed by atoms with Crippen molar-refractivity contribution in [2.45, 2.75) is 19.5 Å². The van der Waals surface area contributed by atoms with Crippen LogP contribution in [0.15, 0.2) is 22.9 Å². The lowest BCUT2D eigenvalue weighted by atomic mass is 10.0. The summed E-state index contributed by atoms with van der Waals surface area (Å²) in [5.74, 6) is -0.382. The van der Waals surface area contributed by atoms with Gasteiger partial charge in [0, 0.05) is 53.2 Å². The zero-order valence-corrected chi connectivity index (χ0v) is 12.4. The van der Waals surface area contributed by atoms with Crippen LogP contribution in [0.5, 0.6) is 0 Å². The molecule has 0 aromatic carbocycles. The SMILES string of the molecule is NC(=O)Cn1nc(-c2cncc(Br)c2)c2c1CCNC2. The fraction of sp³-hybridized carbons (Fsp3) is 0.308. The first-order valence-electron chi connectivity index (χ1n) is 6.33. The maximum atomic E-state index is 11.2. The first-order valence-corrected chi connectivity index (χ1v) is 7.13. The van der Waals surface area contributed by atoms with Crippen LogP contribution >= 0.6 is 15.9 Å². The van der Waals surface area contributed by atoms with Crippen molar-refractivity contribution in [2.75, 3.05) is 6.54 Å². The molecule has 104 valence electrons. The van der Waals surface area contributed by atoms with Gasteiger partial charge in [-0.2, -0.15) is 5.10 Å². The summed E-state index contributed by atoms with van der Waals surface area (Å²) < 4.78 is 2.62. The molecule has 0 saturated heterocycles. The van der Waals surface area contributed by atoms with Crippen molar-refractivity contribution in [3.8, 4) is 11.3 Å². The number of pyridine rings is 1. The molecule has 1 aliphatic rings. The smallest absolute Gasteiger partial charge is 0.239 e. The number of aromatic nitrogens is 3. The Bertz CT molecular complexity index is 667. The fourth-order valence-corrected chi connectivity index (χ4v) is 2.84. The van der Waals surface area contributed by atoms with Crippen LogP contribution in [-0.2, 0) is 24.3 Å². The van der Waals surface area contributed by atoms with Crippen molar-refractivity contribution >= 4 is 21.8 Å². The molecule has 20 heavy (non-hydrogen) atoms. The quantitative estimate of drug-likeness (QED) is 0.870. The van der Waals surface area contributed by atoms with E-state index < -0.39 is 0 Å². The molecule has 0 fully saturated rings. The van der Waals surface area contributed by atoms with Crippen molar-refractivity contribution in [1.82, 2.24) is 20.1 Å². The number of carbonyl (C=O) groups excluding carboxylic acids is 1. The number of carbonyl (C=O) groups is 1. The van der Waals surface area contributed by atoms with Crippen molar-refractivity contribution in [3.63, 3.8) is 0 Å². The first kappa shape index (κ1) is 13.3. The predicted molar refractivity (Wildman–Crippen MR) is 77.8 cm³/mol. The van der Waals surface area contributed by atoms with Gasteiger partial charge in [-0.05, 0) is 22.0 Å². The molecule has 1 aliphatic heterocycles. The molecule has 1 amide bonds. The van der Waals surface area contributed by atoms with E-state index in [1.165, 1.54) is 0 Å². The van der Waals surface area contributed by atoms with E-state index in [0.717, 1.165) is 46.5 Å². The number of nitrogens with two attached hydrogens (primary N) is 1. The van der Waals surface area contributed by atoms with Crippen molar-refractivity contribution in [2.24, 2.45) is 5.73 Å². The van der Waals surface area contributed by atoms with Crippen LogP contribution < -0.4 is 11.1 Å². The highest BCUT2D eigenvalue weighted by Gasteiger charge is 2.22. The van der Waals surface area contributed by atoms with Crippen LogP contribution in [0.3, 0.4) is 0 Å². The number of hydrogen-bond donors (Lipinski definition) is 2. The monoisotopic (exact) mass is 335 g/mol. The van der Waals surface area contributed by atoms with Gasteiger partial charge in [-0.3, -0.25) is 14.5 Å². The molecule has 6 nitrogen and oxygen atoms in total. The summed E-state index contributed by atoms with van der Waals surface area (Å²) in [6.45, 7) is 1.74. The van der Waals surface area contributed by atoms with Gasteiger partial charge in [0.25, 0.3) is 0 Å². The molecule has 2 aromatic rings. The van der Waals surface area contributed by atoms with Gasteiger partial charge in [0.05, 0.1) is 5.69 Å². The summed E-state index contributed by atoms with van der Waals surface area (Å²) in [5, 5.41) is 7.89. The number of nitrogens with zero attached hydrogens (tertiary/aromatic N) is 3. The average molecular weight is 336 g/mol. The van der Waals surface area contributed by atoms with Crippen molar-refractivity contribution < 1.29 is 4.79 Å². The normalized spacial score (nSPS) is 14.1. The fourth-order valence-electron chi connectivity index (χ4n) is 2.47. The van der Waals surface area contributed by atoms with E-state index in [2.05, 4.69) is 31.3 Å². The van der Waals surface area contributed by atoms with Gasteiger partial charge in [-0.25, -0.2) is 0 Å². The highest BCUT2D eigenvalue weighted by atomic mass is 79.9. The summed E-state index contributed by atoms with van der Waals surface area (Å²) in [5.41, 5.74) is 9.29. The Kier molecular flexibility index (Phi) is 3.54. The topological polar surface area (TPSA) is 85.8 Å². The standard InChI is InChI=1S/C13H14BrN5O/c14-9-3-8(4-17-5-9)13-10-6-16-2-1-11(10)19(18-13)7-12(15)20/h3-5,16H,1-2,6-7H2,(H2,15,20). The molecule has 3 rings (SSSR count). The van der Waals surface area contributed by atoms with Gasteiger partial charge in [0.15, 0.2) is 0 Å². The minimum absolute atomic E-state index is 0.115. The van der Waals surface area contributed by atoms with Gasteiger partial charge in [0.2, 0.25) is 5.91 Å².